The summed E-state index contributed by atoms with van der Waals surface area (Å²) in [6.45, 7) is 3.43. The molecule has 8 nitrogen and oxygen atoms in total. The van der Waals surface area contributed by atoms with Crippen molar-refractivity contribution in [2.45, 2.75) is 31.2 Å². The van der Waals surface area contributed by atoms with Crippen LogP contribution in [-0.2, 0) is 11.3 Å². The first-order valence-electron chi connectivity index (χ1n) is 9.62. The summed E-state index contributed by atoms with van der Waals surface area (Å²) in [5.74, 6) is 1.12. The molecule has 0 aliphatic carbocycles. The zero-order valence-corrected chi connectivity index (χ0v) is 19.4. The van der Waals surface area contributed by atoms with Crippen LogP contribution in [0, 0.1) is 0 Å². The van der Waals surface area contributed by atoms with Crippen molar-refractivity contribution < 1.29 is 4.74 Å². The number of ether oxygens (including phenoxy) is 1. The second-order valence-electron chi connectivity index (χ2n) is 7.44. The summed E-state index contributed by atoms with van der Waals surface area (Å²) in [5.41, 5.74) is 3.08. The van der Waals surface area contributed by atoms with E-state index in [1.54, 1.807) is 12.4 Å². The normalized spacial score (nSPS) is 22.8. The number of hydrogen-bond donors (Lipinski definition) is 2. The van der Waals surface area contributed by atoms with Crippen LogP contribution >= 0.6 is 38.8 Å². The number of aromatic nitrogens is 4. The highest BCUT2D eigenvalue weighted by molar-refractivity contribution is 14.1. The van der Waals surface area contributed by atoms with Gasteiger partial charge in [0.25, 0.3) is 0 Å². The monoisotopic (exact) mass is 569 g/mol. The van der Waals surface area contributed by atoms with Crippen molar-refractivity contribution in [2.24, 2.45) is 0 Å². The van der Waals surface area contributed by atoms with E-state index < -0.39 is 0 Å². The predicted molar refractivity (Wildman–Crippen MR) is 122 cm³/mol. The lowest BCUT2D eigenvalue weighted by atomic mass is 9.93. The summed E-state index contributed by atoms with van der Waals surface area (Å²) in [7, 11) is 0. The Morgan fingerprint density at radius 3 is 2.83 bits per heavy atom. The Bertz CT molecular complexity index is 1000. The predicted octanol–water partition coefficient (Wildman–Crippen LogP) is 3.30. The molecule has 0 bridgehead atoms. The highest BCUT2D eigenvalue weighted by Crippen LogP contribution is 2.37. The minimum Gasteiger partial charge on any atom is -0.366 e. The van der Waals surface area contributed by atoms with Gasteiger partial charge in [0.1, 0.15) is 12.4 Å². The second-order valence-corrected chi connectivity index (χ2v) is 8.83. The minimum atomic E-state index is -0.242. The van der Waals surface area contributed by atoms with Gasteiger partial charge in [-0.1, -0.05) is 6.07 Å². The van der Waals surface area contributed by atoms with Gasteiger partial charge in [0.05, 0.1) is 10.7 Å². The maximum absolute atomic E-state index is 5.64. The smallest absolute Gasteiger partial charge is 0.210 e. The van der Waals surface area contributed by atoms with E-state index in [2.05, 4.69) is 74.8 Å². The van der Waals surface area contributed by atoms with Crippen LogP contribution in [0.4, 0.5) is 5.82 Å². The number of fused-ring (bicyclic) bond motifs is 1. The second kappa shape index (κ2) is 8.06. The van der Waals surface area contributed by atoms with Gasteiger partial charge in [-0.2, -0.15) is 9.61 Å². The molecule has 5 rings (SSSR count). The molecule has 2 N–H and O–H groups in total. The summed E-state index contributed by atoms with van der Waals surface area (Å²) in [5, 5.41) is 7.98. The molecule has 3 aromatic rings. The molecule has 1 unspecified atom stereocenters. The van der Waals surface area contributed by atoms with E-state index in [-0.39, 0.29) is 5.85 Å². The van der Waals surface area contributed by atoms with Crippen molar-refractivity contribution in [3.05, 3.63) is 52.5 Å². The maximum Gasteiger partial charge on any atom is 0.210 e. The molecule has 5 heterocycles. The minimum absolute atomic E-state index is 0.242. The molecule has 2 aliphatic rings. The van der Waals surface area contributed by atoms with Crippen LogP contribution in [0.1, 0.15) is 30.0 Å². The van der Waals surface area contributed by atoms with Crippen LogP contribution in [0.15, 0.2) is 41.3 Å². The summed E-state index contributed by atoms with van der Waals surface area (Å²) >= 11 is 5.78. The fraction of sp³-hybridized carbons (Fsp3) is 0.421. The zero-order chi connectivity index (χ0) is 19.8. The lowest BCUT2D eigenvalue weighted by molar-refractivity contribution is 0.0511. The van der Waals surface area contributed by atoms with Crippen molar-refractivity contribution in [3.63, 3.8) is 0 Å². The number of pyridine rings is 1. The van der Waals surface area contributed by atoms with E-state index in [1.807, 2.05) is 16.8 Å². The van der Waals surface area contributed by atoms with E-state index >= 15 is 0 Å². The number of halogens is 2. The number of epoxide rings is 1. The molecule has 29 heavy (non-hydrogen) atoms. The Morgan fingerprint density at radius 1 is 1.31 bits per heavy atom. The third-order valence-corrected chi connectivity index (χ3v) is 7.04. The molecule has 1 atom stereocenters. The standard InChI is InChI=1S/C19H21BrIN7O/c20-15-11-24-28-17(23-10-13-2-1-5-22-9-13)8-16(25-18(15)28)14-3-6-27(7-4-14)19(26-21)12-29-19/h1-2,5,8-9,11,14,23,26H,3-4,6-7,10,12H2. The van der Waals surface area contributed by atoms with Gasteiger partial charge in [-0.25, -0.2) is 8.51 Å². The molecule has 0 amide bonds. The third-order valence-electron chi connectivity index (χ3n) is 5.63. The number of hydrogen-bond acceptors (Lipinski definition) is 7. The van der Waals surface area contributed by atoms with Crippen molar-refractivity contribution in [2.75, 3.05) is 25.0 Å². The van der Waals surface area contributed by atoms with Crippen LogP contribution in [0.2, 0.25) is 0 Å². The molecular formula is C19H21BrIN7O. The number of nitrogens with zero attached hydrogens (tertiary/aromatic N) is 5. The van der Waals surface area contributed by atoms with Crippen molar-refractivity contribution in [3.8, 4) is 0 Å². The fourth-order valence-electron chi connectivity index (χ4n) is 3.89. The molecule has 0 radical (unpaired) electrons. The first-order valence-corrected chi connectivity index (χ1v) is 11.5. The van der Waals surface area contributed by atoms with Gasteiger partial charge in [-0.3, -0.25) is 9.88 Å². The largest absolute Gasteiger partial charge is 0.366 e. The van der Waals surface area contributed by atoms with Crippen molar-refractivity contribution in [1.82, 2.24) is 28.0 Å². The zero-order valence-electron chi connectivity index (χ0n) is 15.7. The van der Waals surface area contributed by atoms with Gasteiger partial charge in [-0.05, 0) is 40.4 Å². The molecule has 2 aliphatic heterocycles. The van der Waals surface area contributed by atoms with Crippen molar-refractivity contribution >= 4 is 50.3 Å². The van der Waals surface area contributed by atoms with Gasteiger partial charge in [0, 0.05) is 72.6 Å². The van der Waals surface area contributed by atoms with Crippen LogP contribution in [0.3, 0.4) is 0 Å². The topological polar surface area (TPSA) is 82.9 Å². The average molecular weight is 570 g/mol. The van der Waals surface area contributed by atoms with Crippen LogP contribution in [0.25, 0.3) is 5.65 Å². The van der Waals surface area contributed by atoms with Gasteiger partial charge < -0.3 is 10.1 Å². The number of anilines is 1. The van der Waals surface area contributed by atoms with E-state index in [0.29, 0.717) is 12.5 Å². The van der Waals surface area contributed by atoms with E-state index in [9.17, 15) is 0 Å². The van der Waals surface area contributed by atoms with Gasteiger partial charge in [0.2, 0.25) is 5.85 Å². The first kappa shape index (κ1) is 19.6. The van der Waals surface area contributed by atoms with E-state index in [4.69, 9.17) is 9.72 Å². The Kier molecular flexibility index (Phi) is 5.45. The Morgan fingerprint density at radius 2 is 2.14 bits per heavy atom. The molecular weight excluding hydrogens is 549 g/mol. The molecule has 0 saturated carbocycles. The van der Waals surface area contributed by atoms with Gasteiger partial charge in [-0.15, -0.1) is 0 Å². The summed E-state index contributed by atoms with van der Waals surface area (Å²) in [4.78, 5) is 11.5. The number of rotatable bonds is 6. The molecule has 0 aromatic carbocycles. The average Bonchev–Trinajstić information content (AvgIpc) is 3.50. The maximum atomic E-state index is 5.64. The Labute approximate surface area is 191 Å². The SMILES string of the molecule is Brc1cnn2c(NCc3cccnc3)cc(C3CCN(C4(NI)CO4)CC3)nc12. The van der Waals surface area contributed by atoms with E-state index in [1.165, 1.54) is 0 Å². The summed E-state index contributed by atoms with van der Waals surface area (Å²) in [6.07, 6.45) is 7.57. The van der Waals surface area contributed by atoms with Gasteiger partial charge >= 0.3 is 0 Å². The van der Waals surface area contributed by atoms with Crippen LogP contribution in [0.5, 0.6) is 0 Å². The number of likely N-dealkylation sites (tertiary alicyclic amines) is 1. The van der Waals surface area contributed by atoms with E-state index in [0.717, 1.165) is 59.7 Å². The quantitative estimate of drug-likeness (QED) is 0.268. The molecule has 3 aromatic heterocycles. The highest BCUT2D eigenvalue weighted by atomic mass is 127. The molecule has 10 heteroatoms. The molecule has 152 valence electrons. The lowest BCUT2D eigenvalue weighted by Crippen LogP contribution is -2.49. The summed E-state index contributed by atoms with van der Waals surface area (Å²) in [6, 6.07) is 6.15. The number of nitrogens with one attached hydrogen (secondary N) is 2. The fourth-order valence-corrected chi connectivity index (χ4v) is 4.89. The number of piperidine rings is 1. The van der Waals surface area contributed by atoms with Crippen LogP contribution in [-0.4, -0.2) is 50.0 Å². The molecule has 2 saturated heterocycles. The first-order chi connectivity index (χ1) is 14.2. The molecule has 2 fully saturated rings. The Balaban J connectivity index is 1.37. The molecule has 0 spiro atoms. The van der Waals surface area contributed by atoms with Crippen LogP contribution < -0.4 is 8.85 Å². The van der Waals surface area contributed by atoms with Gasteiger partial charge in [0.15, 0.2) is 5.65 Å². The lowest BCUT2D eigenvalue weighted by Gasteiger charge is -2.35. The Hall–Kier alpha value is -1.34. The van der Waals surface area contributed by atoms with Crippen molar-refractivity contribution in [1.29, 1.82) is 0 Å². The third kappa shape index (κ3) is 3.88. The summed E-state index contributed by atoms with van der Waals surface area (Å²) < 4.78 is 11.7. The highest BCUT2D eigenvalue weighted by Gasteiger charge is 2.50.